The molecule has 0 aliphatic rings. The van der Waals surface area contributed by atoms with E-state index in [1.807, 2.05) is 57.3 Å². The van der Waals surface area contributed by atoms with E-state index in [-0.39, 0.29) is 5.91 Å². The van der Waals surface area contributed by atoms with E-state index in [4.69, 9.17) is 11.6 Å². The highest BCUT2D eigenvalue weighted by Gasteiger charge is 2.15. The van der Waals surface area contributed by atoms with E-state index < -0.39 is 0 Å². The van der Waals surface area contributed by atoms with Crippen LogP contribution in [0.2, 0.25) is 5.02 Å². The fraction of sp³-hybridized carbons (Fsp3) is 0.176. The molecular formula is C17H16ClN3OS. The number of carbonyl (C=O) groups is 1. The number of carbonyl (C=O) groups excluding carboxylic acids is 1. The quantitative estimate of drug-likeness (QED) is 0.749. The lowest BCUT2D eigenvalue weighted by atomic mass is 10.2. The normalized spacial score (nSPS) is 10.8. The topological polar surface area (TPSA) is 46.9 Å². The largest absolute Gasteiger partial charge is 0.306 e. The Balaban J connectivity index is 1.84. The van der Waals surface area contributed by atoms with Crippen LogP contribution in [0.25, 0.3) is 10.4 Å². The highest BCUT2D eigenvalue weighted by atomic mass is 35.5. The third-order valence-corrected chi connectivity index (χ3v) is 5.06. The first-order valence-electron chi connectivity index (χ1n) is 7.13. The molecular weight excluding hydrogens is 330 g/mol. The van der Waals surface area contributed by atoms with E-state index in [1.165, 1.54) is 11.3 Å². The molecule has 0 spiro atoms. The molecule has 2 heterocycles. The maximum atomic E-state index is 12.5. The fourth-order valence-electron chi connectivity index (χ4n) is 2.36. The van der Waals surface area contributed by atoms with Crippen molar-refractivity contribution in [1.82, 2.24) is 9.78 Å². The SMILES string of the molecule is Cc1nn(C)c(NC(=O)c2ccc(-c3cccc(Cl)c3)s2)c1C. The van der Waals surface area contributed by atoms with Gasteiger partial charge < -0.3 is 5.32 Å². The summed E-state index contributed by atoms with van der Waals surface area (Å²) in [5, 5.41) is 7.93. The summed E-state index contributed by atoms with van der Waals surface area (Å²) in [6.07, 6.45) is 0. The van der Waals surface area contributed by atoms with Gasteiger partial charge in [-0.05, 0) is 43.7 Å². The molecule has 0 atom stereocenters. The van der Waals surface area contributed by atoms with Crippen LogP contribution in [0.15, 0.2) is 36.4 Å². The van der Waals surface area contributed by atoms with Crippen LogP contribution >= 0.6 is 22.9 Å². The average Bonchev–Trinajstić information content (AvgIpc) is 3.09. The van der Waals surface area contributed by atoms with Gasteiger partial charge in [-0.15, -0.1) is 11.3 Å². The van der Waals surface area contributed by atoms with Gasteiger partial charge in [0.05, 0.1) is 10.6 Å². The lowest BCUT2D eigenvalue weighted by molar-refractivity contribution is 0.102. The van der Waals surface area contributed by atoms with Crippen LogP contribution in [0.4, 0.5) is 5.82 Å². The van der Waals surface area contributed by atoms with Crippen LogP contribution in [0, 0.1) is 13.8 Å². The number of aromatic nitrogens is 2. The Labute approximate surface area is 143 Å². The molecule has 0 fully saturated rings. The van der Waals surface area contributed by atoms with Gasteiger partial charge in [0.15, 0.2) is 0 Å². The number of halogens is 1. The molecule has 0 saturated heterocycles. The lowest BCUT2D eigenvalue weighted by Crippen LogP contribution is -2.13. The number of thiophene rings is 1. The van der Waals surface area contributed by atoms with E-state index in [0.717, 1.165) is 27.5 Å². The number of hydrogen-bond donors (Lipinski definition) is 1. The molecule has 0 radical (unpaired) electrons. The molecule has 4 nitrogen and oxygen atoms in total. The van der Waals surface area contributed by atoms with Crippen molar-refractivity contribution in [2.24, 2.45) is 7.05 Å². The predicted octanol–water partition coefficient (Wildman–Crippen LogP) is 4.67. The summed E-state index contributed by atoms with van der Waals surface area (Å²) in [5.41, 5.74) is 2.90. The molecule has 0 bridgehead atoms. The van der Waals surface area contributed by atoms with E-state index in [0.29, 0.717) is 9.90 Å². The van der Waals surface area contributed by atoms with Crippen molar-refractivity contribution in [1.29, 1.82) is 0 Å². The zero-order valence-corrected chi connectivity index (χ0v) is 14.6. The zero-order valence-electron chi connectivity index (χ0n) is 13.1. The number of nitrogens with one attached hydrogen (secondary N) is 1. The highest BCUT2D eigenvalue weighted by molar-refractivity contribution is 7.17. The molecule has 3 aromatic rings. The molecule has 0 aliphatic heterocycles. The minimum atomic E-state index is -0.130. The Bertz CT molecular complexity index is 882. The molecule has 23 heavy (non-hydrogen) atoms. The van der Waals surface area contributed by atoms with Gasteiger partial charge in [-0.2, -0.15) is 5.10 Å². The number of benzene rings is 1. The van der Waals surface area contributed by atoms with E-state index >= 15 is 0 Å². The summed E-state index contributed by atoms with van der Waals surface area (Å²) >= 11 is 7.46. The highest BCUT2D eigenvalue weighted by Crippen LogP contribution is 2.30. The van der Waals surface area contributed by atoms with Gasteiger partial charge in [-0.1, -0.05) is 23.7 Å². The summed E-state index contributed by atoms with van der Waals surface area (Å²) < 4.78 is 1.69. The van der Waals surface area contributed by atoms with Crippen LogP contribution < -0.4 is 5.32 Å². The molecule has 2 aromatic heterocycles. The van der Waals surface area contributed by atoms with Crippen LogP contribution in [0.3, 0.4) is 0 Å². The number of rotatable bonds is 3. The van der Waals surface area contributed by atoms with Crippen LogP contribution in [0.5, 0.6) is 0 Å². The molecule has 3 rings (SSSR count). The van der Waals surface area contributed by atoms with Gasteiger partial charge in [0.25, 0.3) is 5.91 Å². The number of nitrogens with zero attached hydrogens (tertiary/aromatic N) is 2. The smallest absolute Gasteiger partial charge is 0.266 e. The maximum Gasteiger partial charge on any atom is 0.266 e. The second-order valence-electron chi connectivity index (χ2n) is 5.31. The van der Waals surface area contributed by atoms with Gasteiger partial charge in [0.1, 0.15) is 5.82 Å². The molecule has 0 aliphatic carbocycles. The summed E-state index contributed by atoms with van der Waals surface area (Å²) in [5.74, 6) is 0.597. The summed E-state index contributed by atoms with van der Waals surface area (Å²) in [4.78, 5) is 14.1. The molecule has 6 heteroatoms. The van der Waals surface area contributed by atoms with Crippen molar-refractivity contribution < 1.29 is 4.79 Å². The Morgan fingerprint density at radius 2 is 2.04 bits per heavy atom. The zero-order chi connectivity index (χ0) is 16.6. The first-order valence-corrected chi connectivity index (χ1v) is 8.32. The van der Waals surface area contributed by atoms with Gasteiger partial charge >= 0.3 is 0 Å². The molecule has 1 amide bonds. The van der Waals surface area contributed by atoms with Gasteiger partial charge in [0, 0.05) is 22.5 Å². The van der Waals surface area contributed by atoms with E-state index in [1.54, 1.807) is 4.68 Å². The third-order valence-electron chi connectivity index (χ3n) is 3.69. The second kappa shape index (κ2) is 6.18. The predicted molar refractivity (Wildman–Crippen MR) is 95.4 cm³/mol. The first kappa shape index (κ1) is 15.8. The average molecular weight is 346 g/mol. The van der Waals surface area contributed by atoms with E-state index in [9.17, 15) is 4.79 Å². The van der Waals surface area contributed by atoms with E-state index in [2.05, 4.69) is 10.4 Å². The fourth-order valence-corrected chi connectivity index (χ4v) is 3.45. The standard InChI is InChI=1S/C17H16ClN3OS/c1-10-11(2)20-21(3)16(10)19-17(22)15-8-7-14(23-15)12-5-4-6-13(18)9-12/h4-9H,1-3H3,(H,19,22). The Morgan fingerprint density at radius 3 is 2.70 bits per heavy atom. The lowest BCUT2D eigenvalue weighted by Gasteiger charge is -2.05. The number of anilines is 1. The van der Waals surface area contributed by atoms with Crippen LogP contribution in [-0.4, -0.2) is 15.7 Å². The van der Waals surface area contributed by atoms with Crippen molar-refractivity contribution in [2.45, 2.75) is 13.8 Å². The maximum absolute atomic E-state index is 12.5. The van der Waals surface area contributed by atoms with Crippen molar-refractivity contribution >= 4 is 34.7 Å². The van der Waals surface area contributed by atoms with Crippen molar-refractivity contribution in [3.8, 4) is 10.4 Å². The van der Waals surface area contributed by atoms with Crippen LogP contribution in [0.1, 0.15) is 20.9 Å². The van der Waals surface area contributed by atoms with Crippen molar-refractivity contribution in [2.75, 3.05) is 5.32 Å². The van der Waals surface area contributed by atoms with Gasteiger partial charge in [0.2, 0.25) is 0 Å². The van der Waals surface area contributed by atoms with Crippen LogP contribution in [-0.2, 0) is 7.05 Å². The molecule has 1 N–H and O–H groups in total. The number of hydrogen-bond acceptors (Lipinski definition) is 3. The minimum Gasteiger partial charge on any atom is -0.306 e. The Morgan fingerprint density at radius 1 is 1.26 bits per heavy atom. The second-order valence-corrected chi connectivity index (χ2v) is 6.83. The molecule has 0 saturated carbocycles. The van der Waals surface area contributed by atoms with Gasteiger partial charge in [-0.25, -0.2) is 0 Å². The minimum absolute atomic E-state index is 0.130. The summed E-state index contributed by atoms with van der Waals surface area (Å²) in [6.45, 7) is 3.87. The summed E-state index contributed by atoms with van der Waals surface area (Å²) in [6, 6.07) is 11.4. The van der Waals surface area contributed by atoms with Crippen molar-refractivity contribution in [3.63, 3.8) is 0 Å². The number of aryl methyl sites for hydroxylation is 2. The monoisotopic (exact) mass is 345 g/mol. The Hall–Kier alpha value is -2.11. The summed E-state index contributed by atoms with van der Waals surface area (Å²) in [7, 11) is 1.82. The van der Waals surface area contributed by atoms with Crippen molar-refractivity contribution in [3.05, 3.63) is 57.6 Å². The molecule has 1 aromatic carbocycles. The number of amides is 1. The first-order chi connectivity index (χ1) is 11.0. The molecule has 118 valence electrons. The Kier molecular flexibility index (Phi) is 4.24. The molecule has 0 unspecified atom stereocenters. The van der Waals surface area contributed by atoms with Gasteiger partial charge in [-0.3, -0.25) is 9.48 Å². The third kappa shape index (κ3) is 3.16.